The molecule has 0 radical (unpaired) electrons. The zero-order valence-corrected chi connectivity index (χ0v) is 23.1. The third-order valence-electron chi connectivity index (χ3n) is 14.1. The molecular weight excluding hydrogens is 386 g/mol. The van der Waals surface area contributed by atoms with Gasteiger partial charge >= 0.3 is 0 Å². The van der Waals surface area contributed by atoms with E-state index in [0.29, 0.717) is 33.1 Å². The van der Waals surface area contributed by atoms with Crippen molar-refractivity contribution < 1.29 is 0 Å². The zero-order chi connectivity index (χ0) is 23.3. The third-order valence-corrected chi connectivity index (χ3v) is 14.1. The summed E-state index contributed by atoms with van der Waals surface area (Å²) in [5, 5.41) is 3.72. The molecule has 4 unspecified atom stereocenters. The van der Waals surface area contributed by atoms with Crippen molar-refractivity contribution in [2.45, 2.75) is 126 Å². The molecule has 1 nitrogen and oxygen atoms in total. The summed E-state index contributed by atoms with van der Waals surface area (Å²) in [7, 11) is 2.21. The van der Waals surface area contributed by atoms with E-state index in [9.17, 15) is 0 Å². The maximum absolute atomic E-state index is 3.72. The van der Waals surface area contributed by atoms with Crippen molar-refractivity contribution in [3.63, 3.8) is 0 Å². The molecule has 5 aliphatic rings. The van der Waals surface area contributed by atoms with Gasteiger partial charge in [-0.2, -0.15) is 0 Å². The summed E-state index contributed by atoms with van der Waals surface area (Å²) in [6, 6.07) is 0.692. The highest BCUT2D eigenvalue weighted by atomic mass is 14.9. The van der Waals surface area contributed by atoms with Crippen LogP contribution < -0.4 is 5.32 Å². The first-order valence-electron chi connectivity index (χ1n) is 14.5. The predicted octanol–water partition coefficient (Wildman–Crippen LogP) is 8.33. The molecule has 10 atom stereocenters. The Labute approximate surface area is 200 Å². The molecule has 0 aromatic heterocycles. The Morgan fingerprint density at radius 2 is 1.41 bits per heavy atom. The Kier molecular flexibility index (Phi) is 5.36. The van der Waals surface area contributed by atoms with Crippen LogP contribution in [0.4, 0.5) is 0 Å². The standard InChI is InChI=1S/C31H55N/c1-20(2)21-12-15-28(5)18-19-30(7)22(26(21)28)10-11-24-29(6)16-14-25(32-9)27(3,4)23(29)13-17-31(24,30)8/h20-26,32H,10-19H2,1-9H3/t21-,22?,23?,24?,25-,26?,28+,29-,30+,31+/m0/s1. The second kappa shape index (κ2) is 7.24. The number of fused-ring (bicyclic) bond motifs is 7. The van der Waals surface area contributed by atoms with Gasteiger partial charge in [-0.05, 0) is 134 Å². The summed E-state index contributed by atoms with van der Waals surface area (Å²) in [6.45, 7) is 21.4. The first-order chi connectivity index (χ1) is 14.8. The van der Waals surface area contributed by atoms with Crippen LogP contribution in [0.1, 0.15) is 120 Å². The number of rotatable bonds is 2. The molecule has 0 amide bonds. The van der Waals surface area contributed by atoms with Crippen LogP contribution in [0, 0.1) is 62.6 Å². The normalized spacial score (nSPS) is 56.8. The number of nitrogens with one attached hydrogen (secondary N) is 1. The summed E-state index contributed by atoms with van der Waals surface area (Å²) in [6.07, 6.45) is 14.8. The van der Waals surface area contributed by atoms with Gasteiger partial charge in [0.25, 0.3) is 0 Å². The van der Waals surface area contributed by atoms with Gasteiger partial charge in [0.2, 0.25) is 0 Å². The maximum atomic E-state index is 3.72. The van der Waals surface area contributed by atoms with Crippen LogP contribution in [0.15, 0.2) is 0 Å². The van der Waals surface area contributed by atoms with Crippen molar-refractivity contribution >= 4 is 0 Å². The Morgan fingerprint density at radius 1 is 0.688 bits per heavy atom. The second-order valence-corrected chi connectivity index (χ2v) is 15.5. The number of hydrogen-bond donors (Lipinski definition) is 1. The predicted molar refractivity (Wildman–Crippen MR) is 138 cm³/mol. The highest BCUT2D eigenvalue weighted by Crippen LogP contribution is 2.77. The van der Waals surface area contributed by atoms with E-state index < -0.39 is 0 Å². The SMILES string of the molecule is CN[C@H]1CC[C@@]2(C)C(CC[C@]3(C)C2CCC2C4[C@H](C(C)C)CC[C@]4(C)CC[C@]23C)C1(C)C. The van der Waals surface area contributed by atoms with Crippen LogP contribution in [0.3, 0.4) is 0 Å². The van der Waals surface area contributed by atoms with Crippen molar-refractivity contribution in [2.24, 2.45) is 62.6 Å². The van der Waals surface area contributed by atoms with Gasteiger partial charge in [0.15, 0.2) is 0 Å². The lowest BCUT2D eigenvalue weighted by molar-refractivity contribution is -0.239. The minimum atomic E-state index is 0.417. The van der Waals surface area contributed by atoms with Gasteiger partial charge in [0, 0.05) is 6.04 Å². The van der Waals surface area contributed by atoms with Gasteiger partial charge in [0.1, 0.15) is 0 Å². The second-order valence-electron chi connectivity index (χ2n) is 15.5. The van der Waals surface area contributed by atoms with Gasteiger partial charge in [-0.15, -0.1) is 0 Å². The fourth-order valence-electron chi connectivity index (χ4n) is 12.3. The van der Waals surface area contributed by atoms with Gasteiger partial charge in [-0.25, -0.2) is 0 Å². The highest BCUT2D eigenvalue weighted by molar-refractivity contribution is 5.19. The van der Waals surface area contributed by atoms with E-state index in [1.807, 2.05) is 0 Å². The first-order valence-corrected chi connectivity index (χ1v) is 14.5. The molecule has 0 spiro atoms. The topological polar surface area (TPSA) is 12.0 Å². The molecule has 5 rings (SSSR count). The van der Waals surface area contributed by atoms with E-state index in [0.717, 1.165) is 35.5 Å². The fourth-order valence-corrected chi connectivity index (χ4v) is 12.3. The van der Waals surface area contributed by atoms with Gasteiger partial charge in [-0.3, -0.25) is 0 Å². The fraction of sp³-hybridized carbons (Fsp3) is 1.00. The lowest BCUT2D eigenvalue weighted by atomic mass is 9.32. The highest BCUT2D eigenvalue weighted by Gasteiger charge is 2.70. The van der Waals surface area contributed by atoms with Crippen LogP contribution >= 0.6 is 0 Å². The van der Waals surface area contributed by atoms with Crippen LogP contribution in [0.2, 0.25) is 0 Å². The molecule has 0 heterocycles. The Hall–Kier alpha value is -0.0400. The molecule has 5 aliphatic carbocycles. The minimum Gasteiger partial charge on any atom is -0.316 e. The molecule has 0 aromatic rings. The van der Waals surface area contributed by atoms with Gasteiger partial charge < -0.3 is 5.32 Å². The van der Waals surface area contributed by atoms with Crippen LogP contribution in [-0.4, -0.2) is 13.1 Å². The Bertz CT molecular complexity index is 739. The molecule has 5 fully saturated rings. The maximum Gasteiger partial charge on any atom is 0.0118 e. The van der Waals surface area contributed by atoms with Crippen LogP contribution in [-0.2, 0) is 0 Å². The summed E-state index contributed by atoms with van der Waals surface area (Å²) < 4.78 is 0. The lowest BCUT2D eigenvalue weighted by Crippen LogP contribution is -2.67. The molecule has 1 heteroatoms. The van der Waals surface area contributed by atoms with E-state index in [-0.39, 0.29) is 0 Å². The number of hydrogen-bond acceptors (Lipinski definition) is 1. The lowest BCUT2D eigenvalue weighted by Gasteiger charge is -2.73. The van der Waals surface area contributed by atoms with E-state index in [2.05, 4.69) is 67.8 Å². The van der Waals surface area contributed by atoms with Gasteiger partial charge in [0.05, 0.1) is 0 Å². The summed E-state index contributed by atoms with van der Waals surface area (Å²) in [4.78, 5) is 0. The van der Waals surface area contributed by atoms with E-state index in [4.69, 9.17) is 0 Å². The van der Waals surface area contributed by atoms with Gasteiger partial charge in [-0.1, -0.05) is 55.4 Å². The molecule has 0 bridgehead atoms. The Balaban J connectivity index is 1.52. The van der Waals surface area contributed by atoms with Crippen molar-refractivity contribution in [3.8, 4) is 0 Å². The molecule has 184 valence electrons. The van der Waals surface area contributed by atoms with Crippen LogP contribution in [0.25, 0.3) is 0 Å². The molecule has 5 saturated carbocycles. The third kappa shape index (κ3) is 2.79. The molecule has 0 aliphatic heterocycles. The quantitative estimate of drug-likeness (QED) is 0.454. The van der Waals surface area contributed by atoms with Crippen molar-refractivity contribution in [1.29, 1.82) is 0 Å². The molecule has 0 aromatic carbocycles. The Morgan fingerprint density at radius 3 is 2.06 bits per heavy atom. The first kappa shape index (κ1) is 23.7. The monoisotopic (exact) mass is 441 g/mol. The summed E-state index contributed by atoms with van der Waals surface area (Å²) >= 11 is 0. The van der Waals surface area contributed by atoms with E-state index in [1.54, 1.807) is 0 Å². The molecule has 0 saturated heterocycles. The molecule has 1 N–H and O–H groups in total. The average Bonchev–Trinajstić information content (AvgIpc) is 3.06. The average molecular weight is 442 g/mol. The molecular formula is C31H55N. The summed E-state index contributed by atoms with van der Waals surface area (Å²) in [5.74, 6) is 5.60. The minimum absolute atomic E-state index is 0.417. The molecule has 32 heavy (non-hydrogen) atoms. The van der Waals surface area contributed by atoms with E-state index >= 15 is 0 Å². The van der Waals surface area contributed by atoms with Crippen molar-refractivity contribution in [1.82, 2.24) is 5.32 Å². The zero-order valence-electron chi connectivity index (χ0n) is 23.1. The summed E-state index contributed by atoms with van der Waals surface area (Å²) in [5.41, 5.74) is 2.67. The largest absolute Gasteiger partial charge is 0.316 e. The van der Waals surface area contributed by atoms with Crippen molar-refractivity contribution in [3.05, 3.63) is 0 Å². The van der Waals surface area contributed by atoms with Crippen LogP contribution in [0.5, 0.6) is 0 Å². The van der Waals surface area contributed by atoms with Crippen molar-refractivity contribution in [2.75, 3.05) is 7.05 Å². The van der Waals surface area contributed by atoms with E-state index in [1.165, 1.54) is 64.2 Å². The smallest absolute Gasteiger partial charge is 0.0118 e.